The third-order valence-corrected chi connectivity index (χ3v) is 2.70. The molecule has 0 amide bonds. The van der Waals surface area contributed by atoms with E-state index in [0.717, 1.165) is 5.56 Å². The summed E-state index contributed by atoms with van der Waals surface area (Å²) in [5.41, 5.74) is 0.958. The number of aliphatic hydroxyl groups is 1. The molecule has 1 aliphatic heterocycles. The molecule has 1 unspecified atom stereocenters. The molecular formula is C13H14O4. The van der Waals surface area contributed by atoms with Crippen molar-refractivity contribution in [1.82, 2.24) is 0 Å². The van der Waals surface area contributed by atoms with Gasteiger partial charge in [0.15, 0.2) is 5.78 Å². The van der Waals surface area contributed by atoms with Crippen LogP contribution < -0.4 is 9.47 Å². The number of fused-ring (bicyclic) bond motifs is 1. The molecule has 0 bridgehead atoms. The highest BCUT2D eigenvalue weighted by Gasteiger charge is 2.35. The van der Waals surface area contributed by atoms with Gasteiger partial charge in [-0.2, -0.15) is 0 Å². The summed E-state index contributed by atoms with van der Waals surface area (Å²) >= 11 is 0. The van der Waals surface area contributed by atoms with Gasteiger partial charge in [0.25, 0.3) is 0 Å². The number of hydrogen-bond acceptors (Lipinski definition) is 4. The molecule has 0 saturated carbocycles. The summed E-state index contributed by atoms with van der Waals surface area (Å²) in [4.78, 5) is 11.4. The first-order valence-electron chi connectivity index (χ1n) is 5.26. The van der Waals surface area contributed by atoms with Gasteiger partial charge in [-0.3, -0.25) is 4.79 Å². The SMILES string of the molecule is COc1ccc2c(c1)C=C(C(C)=O)C(C)(O)O2. The van der Waals surface area contributed by atoms with Crippen LogP contribution in [0.2, 0.25) is 0 Å². The van der Waals surface area contributed by atoms with Crippen LogP contribution in [-0.4, -0.2) is 23.8 Å². The van der Waals surface area contributed by atoms with Gasteiger partial charge in [0, 0.05) is 12.5 Å². The van der Waals surface area contributed by atoms with Gasteiger partial charge in [-0.25, -0.2) is 0 Å². The average Bonchev–Trinajstić information content (AvgIpc) is 2.26. The van der Waals surface area contributed by atoms with Gasteiger partial charge in [-0.1, -0.05) is 0 Å². The Balaban J connectivity index is 2.54. The molecule has 0 saturated heterocycles. The summed E-state index contributed by atoms with van der Waals surface area (Å²) in [6.07, 6.45) is 1.63. The quantitative estimate of drug-likeness (QED) is 0.847. The summed E-state index contributed by atoms with van der Waals surface area (Å²) in [5, 5.41) is 10.0. The van der Waals surface area contributed by atoms with Crippen LogP contribution in [0.5, 0.6) is 11.5 Å². The fraction of sp³-hybridized carbons (Fsp3) is 0.308. The fourth-order valence-electron chi connectivity index (χ4n) is 1.85. The molecule has 4 heteroatoms. The van der Waals surface area contributed by atoms with E-state index in [1.807, 2.05) is 0 Å². The third kappa shape index (κ3) is 2.03. The smallest absolute Gasteiger partial charge is 0.235 e. The van der Waals surface area contributed by atoms with Crippen LogP contribution in [0.1, 0.15) is 19.4 Å². The van der Waals surface area contributed by atoms with E-state index < -0.39 is 5.79 Å². The first-order valence-corrected chi connectivity index (χ1v) is 5.26. The Morgan fingerprint density at radius 2 is 2.18 bits per heavy atom. The molecular weight excluding hydrogens is 220 g/mol. The second-order valence-electron chi connectivity index (χ2n) is 4.10. The molecule has 0 spiro atoms. The second-order valence-corrected chi connectivity index (χ2v) is 4.10. The number of hydrogen-bond donors (Lipinski definition) is 1. The van der Waals surface area contributed by atoms with Crippen molar-refractivity contribution in [3.05, 3.63) is 29.3 Å². The van der Waals surface area contributed by atoms with Crippen molar-refractivity contribution in [1.29, 1.82) is 0 Å². The minimum Gasteiger partial charge on any atom is -0.497 e. The van der Waals surface area contributed by atoms with Crippen molar-refractivity contribution in [3.8, 4) is 11.5 Å². The van der Waals surface area contributed by atoms with Gasteiger partial charge < -0.3 is 14.6 Å². The fourth-order valence-corrected chi connectivity index (χ4v) is 1.85. The first-order chi connectivity index (χ1) is 7.94. The first kappa shape index (κ1) is 11.7. The second kappa shape index (κ2) is 3.89. The normalized spacial score (nSPS) is 22.2. The van der Waals surface area contributed by atoms with Crippen LogP contribution in [0.25, 0.3) is 6.08 Å². The van der Waals surface area contributed by atoms with Gasteiger partial charge in [-0.05, 0) is 31.2 Å². The molecule has 17 heavy (non-hydrogen) atoms. The van der Waals surface area contributed by atoms with Crippen molar-refractivity contribution >= 4 is 11.9 Å². The van der Waals surface area contributed by atoms with Gasteiger partial charge in [0.1, 0.15) is 11.5 Å². The summed E-state index contributed by atoms with van der Waals surface area (Å²) in [6, 6.07) is 5.20. The Morgan fingerprint density at radius 1 is 1.47 bits per heavy atom. The molecule has 1 aliphatic rings. The Bertz CT molecular complexity index is 500. The Hall–Kier alpha value is -1.81. The summed E-state index contributed by atoms with van der Waals surface area (Å²) in [6.45, 7) is 2.85. The highest BCUT2D eigenvalue weighted by molar-refractivity contribution is 6.00. The number of Topliss-reactive ketones (excluding diaryl/α,β-unsaturated/α-hetero) is 1. The zero-order valence-corrected chi connectivity index (χ0v) is 9.98. The van der Waals surface area contributed by atoms with Crippen LogP contribution in [0.4, 0.5) is 0 Å². The molecule has 0 aromatic heterocycles. The number of benzene rings is 1. The van der Waals surface area contributed by atoms with Crippen LogP contribution >= 0.6 is 0 Å². The highest BCUT2D eigenvalue weighted by Crippen LogP contribution is 2.36. The van der Waals surface area contributed by atoms with Crippen LogP contribution in [0, 0.1) is 0 Å². The predicted molar refractivity (Wildman–Crippen MR) is 62.9 cm³/mol. The molecule has 4 nitrogen and oxygen atoms in total. The van der Waals surface area contributed by atoms with Crippen molar-refractivity contribution in [3.63, 3.8) is 0 Å². The standard InChI is InChI=1S/C13H14O4/c1-8(14)11-7-9-6-10(16-3)4-5-12(9)17-13(11,2)15/h4-7,15H,1-3H3. The largest absolute Gasteiger partial charge is 0.497 e. The van der Waals surface area contributed by atoms with E-state index in [0.29, 0.717) is 11.5 Å². The molecule has 1 aromatic carbocycles. The van der Waals surface area contributed by atoms with E-state index in [4.69, 9.17) is 9.47 Å². The number of ketones is 1. The van der Waals surface area contributed by atoms with E-state index >= 15 is 0 Å². The molecule has 1 N–H and O–H groups in total. The maximum atomic E-state index is 11.4. The van der Waals surface area contributed by atoms with E-state index in [-0.39, 0.29) is 11.4 Å². The van der Waals surface area contributed by atoms with Crippen LogP contribution in [0.15, 0.2) is 23.8 Å². The minimum atomic E-state index is -1.58. The Kier molecular flexibility index (Phi) is 2.67. The predicted octanol–water partition coefficient (Wildman–Crippen LogP) is 1.77. The van der Waals surface area contributed by atoms with Gasteiger partial charge in [-0.15, -0.1) is 0 Å². The number of ether oxygens (including phenoxy) is 2. The van der Waals surface area contributed by atoms with Crippen molar-refractivity contribution in [2.75, 3.05) is 7.11 Å². The molecule has 2 rings (SSSR count). The lowest BCUT2D eigenvalue weighted by Crippen LogP contribution is -2.39. The van der Waals surface area contributed by atoms with Crippen molar-refractivity contribution < 1.29 is 19.4 Å². The molecule has 0 fully saturated rings. The van der Waals surface area contributed by atoms with Crippen molar-refractivity contribution in [2.24, 2.45) is 0 Å². The summed E-state index contributed by atoms with van der Waals surface area (Å²) in [5.74, 6) is -0.592. The number of carbonyl (C=O) groups excluding carboxylic acids is 1. The van der Waals surface area contributed by atoms with Gasteiger partial charge in [0.2, 0.25) is 5.79 Å². The number of rotatable bonds is 2. The molecule has 1 atom stereocenters. The Morgan fingerprint density at radius 3 is 2.76 bits per heavy atom. The molecule has 1 aromatic rings. The lowest BCUT2D eigenvalue weighted by molar-refractivity contribution is -0.125. The summed E-state index contributed by atoms with van der Waals surface area (Å²) in [7, 11) is 1.57. The highest BCUT2D eigenvalue weighted by atomic mass is 16.6. The zero-order chi connectivity index (χ0) is 12.6. The topological polar surface area (TPSA) is 55.8 Å². The van der Waals surface area contributed by atoms with E-state index in [2.05, 4.69) is 0 Å². The summed E-state index contributed by atoms with van der Waals surface area (Å²) < 4.78 is 10.5. The number of carbonyl (C=O) groups is 1. The van der Waals surface area contributed by atoms with Crippen LogP contribution in [-0.2, 0) is 4.79 Å². The average molecular weight is 234 g/mol. The zero-order valence-electron chi connectivity index (χ0n) is 9.98. The monoisotopic (exact) mass is 234 g/mol. The Labute approximate surface area is 99.5 Å². The lowest BCUT2D eigenvalue weighted by Gasteiger charge is -2.31. The molecule has 90 valence electrons. The lowest BCUT2D eigenvalue weighted by atomic mass is 9.97. The maximum absolute atomic E-state index is 11.4. The third-order valence-electron chi connectivity index (χ3n) is 2.70. The maximum Gasteiger partial charge on any atom is 0.235 e. The van der Waals surface area contributed by atoms with E-state index in [1.165, 1.54) is 13.8 Å². The number of methoxy groups -OCH3 is 1. The van der Waals surface area contributed by atoms with Gasteiger partial charge in [0.05, 0.1) is 12.7 Å². The molecule has 0 radical (unpaired) electrons. The minimum absolute atomic E-state index is 0.219. The van der Waals surface area contributed by atoms with Gasteiger partial charge >= 0.3 is 0 Å². The molecule has 0 aliphatic carbocycles. The van der Waals surface area contributed by atoms with E-state index in [9.17, 15) is 9.90 Å². The molecule has 1 heterocycles. The van der Waals surface area contributed by atoms with Crippen molar-refractivity contribution in [2.45, 2.75) is 19.6 Å². The van der Waals surface area contributed by atoms with Crippen LogP contribution in [0.3, 0.4) is 0 Å². The van der Waals surface area contributed by atoms with E-state index in [1.54, 1.807) is 31.4 Å².